The molecule has 0 aliphatic carbocycles. The van der Waals surface area contributed by atoms with Crippen molar-refractivity contribution < 1.29 is 47.7 Å². The molecule has 0 atom stereocenters. The second-order valence-corrected chi connectivity index (χ2v) is 16.8. The Kier molecular flexibility index (Phi) is 18.7. The average molecular weight is 899 g/mol. The highest BCUT2D eigenvalue weighted by molar-refractivity contribution is 6.67. The van der Waals surface area contributed by atoms with Crippen LogP contribution in [0.4, 0.5) is 9.59 Å². The van der Waals surface area contributed by atoms with E-state index >= 15 is 0 Å². The molecule has 57 heavy (non-hydrogen) atoms. The molecule has 0 saturated carbocycles. The van der Waals surface area contributed by atoms with Gasteiger partial charge in [-0.15, -0.1) is 23.2 Å². The molecule has 2 aromatic rings. The van der Waals surface area contributed by atoms with Crippen molar-refractivity contribution >= 4 is 93.3 Å². The third-order valence-electron chi connectivity index (χ3n) is 8.11. The van der Waals surface area contributed by atoms with Crippen molar-refractivity contribution in [2.75, 3.05) is 52.2 Å². The van der Waals surface area contributed by atoms with Crippen molar-refractivity contribution in [3.05, 3.63) is 69.7 Å². The van der Waals surface area contributed by atoms with Gasteiger partial charge in [-0.1, -0.05) is 47.5 Å². The summed E-state index contributed by atoms with van der Waals surface area (Å²) < 4.78 is 20.5. The Morgan fingerprint density at radius 2 is 1.09 bits per heavy atom. The second kappa shape index (κ2) is 21.5. The minimum absolute atomic E-state index is 0.0369. The second-order valence-electron chi connectivity index (χ2n) is 15.0. The number of hydrogen-bond donors (Lipinski definition) is 1. The van der Waals surface area contributed by atoms with Crippen molar-refractivity contribution in [2.24, 2.45) is 0 Å². The number of esters is 2. The number of likely N-dealkylation sites (tertiary alicyclic amines) is 2. The largest absolute Gasteiger partial charge is 0.468 e. The van der Waals surface area contributed by atoms with E-state index in [0.29, 0.717) is 16.6 Å². The zero-order chi connectivity index (χ0) is 43.4. The van der Waals surface area contributed by atoms with Gasteiger partial charge in [0.1, 0.15) is 17.1 Å². The van der Waals surface area contributed by atoms with Crippen LogP contribution in [0.2, 0.25) is 10.0 Å². The predicted molar refractivity (Wildman–Crippen MR) is 218 cm³/mol. The number of carbonyl (C=O) groups is 6. The minimum atomic E-state index is -1.32. The van der Waals surface area contributed by atoms with Gasteiger partial charge in [0, 0.05) is 23.1 Å². The van der Waals surface area contributed by atoms with Gasteiger partial charge < -0.3 is 33.6 Å². The van der Waals surface area contributed by atoms with Gasteiger partial charge in [-0.3, -0.25) is 14.9 Å². The van der Waals surface area contributed by atoms with E-state index in [4.69, 9.17) is 77.0 Å². The number of benzene rings is 2. The highest BCUT2D eigenvalue weighted by Crippen LogP contribution is 2.33. The molecule has 0 radical (unpaired) electrons. The molecule has 2 heterocycles. The lowest BCUT2D eigenvalue weighted by molar-refractivity contribution is -0.174. The summed E-state index contributed by atoms with van der Waals surface area (Å²) in [6.07, 6.45) is -0.993. The van der Waals surface area contributed by atoms with Gasteiger partial charge in [0.15, 0.2) is 11.1 Å². The van der Waals surface area contributed by atoms with Crippen LogP contribution in [0.3, 0.4) is 0 Å². The zero-order valence-corrected chi connectivity index (χ0v) is 36.9. The van der Waals surface area contributed by atoms with Crippen molar-refractivity contribution in [1.82, 2.24) is 20.0 Å². The Morgan fingerprint density at radius 3 is 1.46 bits per heavy atom. The lowest BCUT2D eigenvalue weighted by Gasteiger charge is -2.52. The summed E-state index contributed by atoms with van der Waals surface area (Å²) in [6.45, 7) is 11.6. The van der Waals surface area contributed by atoms with Crippen LogP contribution < -0.4 is 5.32 Å². The molecule has 1 N–H and O–H groups in total. The van der Waals surface area contributed by atoms with Gasteiger partial charge in [0.2, 0.25) is 11.1 Å². The lowest BCUT2D eigenvalue weighted by Crippen LogP contribution is -2.76. The predicted octanol–water partition coefficient (Wildman–Crippen LogP) is 6.65. The summed E-state index contributed by atoms with van der Waals surface area (Å²) in [7, 11) is 2.58. The van der Waals surface area contributed by atoms with E-state index in [1.54, 1.807) is 77.9 Å². The average Bonchev–Trinajstić information content (AvgIpc) is 3.10. The molecule has 19 heteroatoms. The van der Waals surface area contributed by atoms with E-state index in [-0.39, 0.29) is 44.5 Å². The molecule has 0 bridgehead atoms. The van der Waals surface area contributed by atoms with E-state index in [9.17, 15) is 28.8 Å². The van der Waals surface area contributed by atoms with Crippen LogP contribution in [0.15, 0.2) is 48.5 Å². The first-order chi connectivity index (χ1) is 26.4. The van der Waals surface area contributed by atoms with Crippen LogP contribution >= 0.6 is 58.0 Å². The molecule has 2 saturated heterocycles. The first kappa shape index (κ1) is 49.6. The van der Waals surface area contributed by atoms with E-state index < -0.39 is 57.6 Å². The van der Waals surface area contributed by atoms with Crippen LogP contribution in [0.25, 0.3) is 0 Å². The number of nitrogens with one attached hydrogen (secondary N) is 1. The van der Waals surface area contributed by atoms with Gasteiger partial charge in [-0.25, -0.2) is 19.2 Å². The summed E-state index contributed by atoms with van der Waals surface area (Å²) >= 11 is 27.1. The summed E-state index contributed by atoms with van der Waals surface area (Å²) in [5, 5.41) is 3.90. The maximum Gasteiger partial charge on any atom is 0.410 e. The zero-order valence-electron chi connectivity index (χ0n) is 33.1. The first-order valence-corrected chi connectivity index (χ1v) is 19.6. The van der Waals surface area contributed by atoms with Gasteiger partial charge in [0.25, 0.3) is 0 Å². The van der Waals surface area contributed by atoms with Crippen molar-refractivity contribution in [1.29, 1.82) is 0 Å². The molecular formula is C38H49Cl5N4O10. The third kappa shape index (κ3) is 15.0. The molecule has 316 valence electrons. The van der Waals surface area contributed by atoms with E-state index in [2.05, 4.69) is 5.32 Å². The Labute approximate surface area is 358 Å². The minimum Gasteiger partial charge on any atom is -0.468 e. The van der Waals surface area contributed by atoms with Gasteiger partial charge in [-0.2, -0.15) is 0 Å². The van der Waals surface area contributed by atoms with Crippen LogP contribution in [-0.2, 0) is 51.2 Å². The highest BCUT2D eigenvalue weighted by Gasteiger charge is 2.58. The van der Waals surface area contributed by atoms with Crippen LogP contribution in [0.5, 0.6) is 0 Å². The Balaban J connectivity index is 0.000000355. The summed E-state index contributed by atoms with van der Waals surface area (Å²) in [4.78, 5) is 75.4. The molecule has 2 aliphatic heterocycles. The molecule has 2 aromatic carbocycles. The number of rotatable bonds is 10. The topological polar surface area (TPSA) is 161 Å². The third-order valence-corrected chi connectivity index (χ3v) is 9.35. The van der Waals surface area contributed by atoms with Crippen molar-refractivity contribution in [3.63, 3.8) is 0 Å². The molecule has 2 fully saturated rings. The number of halogens is 5. The monoisotopic (exact) mass is 896 g/mol. The smallest absolute Gasteiger partial charge is 0.410 e. The van der Waals surface area contributed by atoms with Crippen LogP contribution in [-0.4, -0.2) is 124 Å². The van der Waals surface area contributed by atoms with Crippen molar-refractivity contribution in [2.45, 2.75) is 76.9 Å². The fraction of sp³-hybridized carbons (Fsp3) is 0.526. The number of ether oxygens (including phenoxy) is 4. The maximum atomic E-state index is 12.6. The summed E-state index contributed by atoms with van der Waals surface area (Å²) in [5.74, 6) is -1.85. The number of methoxy groups -OCH3 is 2. The lowest BCUT2D eigenvalue weighted by atomic mass is 9.87. The molecule has 0 unspecified atom stereocenters. The standard InChI is InChI=1S/C19H24Cl2N2O5.C17H23ClN2O4.C2H2Cl2O/c1-18(2,3)28-17(26)22-11-19(12-22,16(25)27-4)23(15(24)9-20)10-13-5-7-14(21)8-6-13;1-16(2,3)24-15(22)20-10-17(11-20,14(21)23-4)19-9-12-5-7-13(18)8-6-12;3-1-2(4)5/h5-8H,9-12H2,1-4H3;5-8,19H,9-11H2,1-4H3;1H2. The quantitative estimate of drug-likeness (QED) is 0.118. The molecule has 14 nitrogen and oxygen atoms in total. The highest BCUT2D eigenvalue weighted by atomic mass is 35.5. The maximum absolute atomic E-state index is 12.6. The molecule has 3 amide bonds. The summed E-state index contributed by atoms with van der Waals surface area (Å²) in [5.41, 5.74) is -1.73. The fourth-order valence-corrected chi connectivity index (χ4v) is 5.80. The first-order valence-electron chi connectivity index (χ1n) is 17.4. The van der Waals surface area contributed by atoms with Crippen LogP contribution in [0.1, 0.15) is 52.7 Å². The number of carbonyl (C=O) groups excluding carboxylic acids is 6. The fourth-order valence-electron chi connectivity index (χ4n) is 5.41. The molecule has 4 rings (SSSR count). The Morgan fingerprint density at radius 1 is 0.684 bits per heavy atom. The number of nitrogens with zero attached hydrogens (tertiary/aromatic N) is 3. The van der Waals surface area contributed by atoms with Gasteiger partial charge >= 0.3 is 24.1 Å². The van der Waals surface area contributed by atoms with Crippen molar-refractivity contribution in [3.8, 4) is 0 Å². The number of amides is 3. The van der Waals surface area contributed by atoms with Gasteiger partial charge in [0.05, 0.1) is 46.3 Å². The summed E-state index contributed by atoms with van der Waals surface area (Å²) in [6, 6.07) is 14.2. The molecular weight excluding hydrogens is 850 g/mol. The molecule has 2 aliphatic rings. The van der Waals surface area contributed by atoms with E-state index in [1.807, 2.05) is 12.1 Å². The Hall–Kier alpha value is -3.53. The van der Waals surface area contributed by atoms with Gasteiger partial charge in [-0.05, 0) is 88.5 Å². The van der Waals surface area contributed by atoms with Crippen LogP contribution in [0, 0.1) is 0 Å². The van der Waals surface area contributed by atoms with E-state index in [1.165, 1.54) is 28.9 Å². The Bertz CT molecular complexity index is 1700. The molecule has 0 aromatic heterocycles. The molecule has 0 spiro atoms. The number of alkyl halides is 2. The van der Waals surface area contributed by atoms with E-state index in [0.717, 1.165) is 11.1 Å². The SMILES string of the molecule is COC(=O)C1(N(Cc2ccc(Cl)cc2)C(=O)CCl)CN(C(=O)OC(C)(C)C)C1.COC(=O)C1(NCc2ccc(Cl)cc2)CN(C(=O)OC(C)(C)C)C1.O=C(Cl)CCl. The number of hydrogen-bond acceptors (Lipinski definition) is 11. The normalized spacial score (nSPS) is 15.1.